The SMILES string of the molecule is CCc1cccc(C)c1N(CCCC(=O)NCCOc1ccc(F)cc1)S(C)(=O)=O. The molecule has 0 aliphatic heterocycles. The van der Waals surface area contributed by atoms with Gasteiger partial charge in [-0.3, -0.25) is 9.10 Å². The van der Waals surface area contributed by atoms with E-state index in [1.807, 2.05) is 32.0 Å². The Morgan fingerprint density at radius 2 is 1.87 bits per heavy atom. The Morgan fingerprint density at radius 3 is 2.50 bits per heavy atom. The molecule has 0 unspecified atom stereocenters. The number of hydrogen-bond donors (Lipinski definition) is 1. The Balaban J connectivity index is 1.84. The predicted octanol–water partition coefficient (Wildman–Crippen LogP) is 3.44. The molecule has 0 atom stereocenters. The Hall–Kier alpha value is -2.61. The molecule has 0 radical (unpaired) electrons. The van der Waals surface area contributed by atoms with Crippen molar-refractivity contribution in [2.24, 2.45) is 0 Å². The van der Waals surface area contributed by atoms with Gasteiger partial charge in [0.2, 0.25) is 15.9 Å². The molecular formula is C22H29FN2O4S. The van der Waals surface area contributed by atoms with Gasteiger partial charge in [0.1, 0.15) is 18.2 Å². The number of hydrogen-bond acceptors (Lipinski definition) is 4. The lowest BCUT2D eigenvalue weighted by molar-refractivity contribution is -0.121. The van der Waals surface area contributed by atoms with E-state index in [4.69, 9.17) is 4.74 Å². The number of carbonyl (C=O) groups excluding carboxylic acids is 1. The number of sulfonamides is 1. The molecule has 0 saturated carbocycles. The van der Waals surface area contributed by atoms with Crippen LogP contribution < -0.4 is 14.4 Å². The summed E-state index contributed by atoms with van der Waals surface area (Å²) in [6.07, 6.45) is 2.51. The fourth-order valence-electron chi connectivity index (χ4n) is 3.17. The minimum atomic E-state index is -3.47. The number of halogens is 1. The number of ether oxygens (including phenoxy) is 1. The molecule has 2 aromatic carbocycles. The van der Waals surface area contributed by atoms with Crippen LogP contribution in [0.25, 0.3) is 0 Å². The van der Waals surface area contributed by atoms with E-state index >= 15 is 0 Å². The van der Waals surface area contributed by atoms with Crippen LogP contribution in [-0.4, -0.2) is 40.3 Å². The Bertz CT molecular complexity index is 946. The standard InChI is InChI=1S/C22H29FN2O4S/c1-4-18-8-5-7-17(2)22(18)25(30(3,27)28)15-6-9-21(26)24-14-16-29-20-12-10-19(23)11-13-20/h5,7-8,10-13H,4,6,9,14-16H2,1-3H3,(H,24,26). The molecule has 0 aliphatic rings. The summed E-state index contributed by atoms with van der Waals surface area (Å²) in [6.45, 7) is 4.68. The summed E-state index contributed by atoms with van der Waals surface area (Å²) in [4.78, 5) is 12.1. The highest BCUT2D eigenvalue weighted by Gasteiger charge is 2.21. The number of nitrogens with one attached hydrogen (secondary N) is 1. The molecule has 0 fully saturated rings. The van der Waals surface area contributed by atoms with Crippen molar-refractivity contribution in [3.05, 3.63) is 59.4 Å². The van der Waals surface area contributed by atoms with Gasteiger partial charge >= 0.3 is 0 Å². The van der Waals surface area contributed by atoms with Crippen LogP contribution in [-0.2, 0) is 21.2 Å². The summed E-state index contributed by atoms with van der Waals surface area (Å²) in [5.74, 6) is 0.0154. The summed E-state index contributed by atoms with van der Waals surface area (Å²) in [5, 5.41) is 2.74. The molecular weight excluding hydrogens is 407 g/mol. The molecule has 0 saturated heterocycles. The van der Waals surface area contributed by atoms with E-state index in [1.54, 1.807) is 0 Å². The molecule has 0 spiro atoms. The summed E-state index contributed by atoms with van der Waals surface area (Å²) in [5.41, 5.74) is 2.56. The molecule has 2 aromatic rings. The second-order valence-electron chi connectivity index (χ2n) is 7.03. The van der Waals surface area contributed by atoms with Crippen molar-refractivity contribution < 1.29 is 22.3 Å². The van der Waals surface area contributed by atoms with Crippen molar-refractivity contribution in [3.8, 4) is 5.75 Å². The highest BCUT2D eigenvalue weighted by molar-refractivity contribution is 7.92. The molecule has 0 aliphatic carbocycles. The fourth-order valence-corrected chi connectivity index (χ4v) is 4.22. The van der Waals surface area contributed by atoms with Gasteiger partial charge in [0.05, 0.1) is 18.5 Å². The number of benzene rings is 2. The van der Waals surface area contributed by atoms with Gasteiger partial charge in [-0.25, -0.2) is 12.8 Å². The van der Waals surface area contributed by atoms with Gasteiger partial charge < -0.3 is 10.1 Å². The zero-order valence-corrected chi connectivity index (χ0v) is 18.5. The van der Waals surface area contributed by atoms with Crippen molar-refractivity contribution in [1.29, 1.82) is 0 Å². The molecule has 1 N–H and O–H groups in total. The molecule has 164 valence electrons. The predicted molar refractivity (Wildman–Crippen MR) is 117 cm³/mol. The Labute approximate surface area is 178 Å². The first-order valence-electron chi connectivity index (χ1n) is 9.93. The topological polar surface area (TPSA) is 75.7 Å². The number of para-hydroxylation sites is 1. The largest absolute Gasteiger partial charge is 0.492 e. The van der Waals surface area contributed by atoms with Crippen LogP contribution >= 0.6 is 0 Å². The number of rotatable bonds is 11. The fraction of sp³-hybridized carbons (Fsp3) is 0.409. The van der Waals surface area contributed by atoms with Crippen molar-refractivity contribution in [3.63, 3.8) is 0 Å². The molecule has 30 heavy (non-hydrogen) atoms. The summed E-state index contributed by atoms with van der Waals surface area (Å²) < 4.78 is 44.4. The van der Waals surface area contributed by atoms with Crippen molar-refractivity contribution in [1.82, 2.24) is 5.32 Å². The van der Waals surface area contributed by atoms with Crippen molar-refractivity contribution >= 4 is 21.6 Å². The lowest BCUT2D eigenvalue weighted by Crippen LogP contribution is -2.34. The number of carbonyl (C=O) groups is 1. The Morgan fingerprint density at radius 1 is 1.17 bits per heavy atom. The lowest BCUT2D eigenvalue weighted by Gasteiger charge is -2.26. The molecule has 2 rings (SSSR count). The van der Waals surface area contributed by atoms with Crippen LogP contribution in [0.1, 0.15) is 30.9 Å². The van der Waals surface area contributed by atoms with E-state index in [2.05, 4.69) is 5.32 Å². The van der Waals surface area contributed by atoms with Crippen LogP contribution in [0.4, 0.5) is 10.1 Å². The van der Waals surface area contributed by atoms with Crippen LogP contribution in [0.5, 0.6) is 5.75 Å². The van der Waals surface area contributed by atoms with Crippen LogP contribution in [0, 0.1) is 12.7 Å². The monoisotopic (exact) mass is 436 g/mol. The van der Waals surface area contributed by atoms with E-state index in [0.29, 0.717) is 24.4 Å². The first-order chi connectivity index (χ1) is 14.2. The quantitative estimate of drug-likeness (QED) is 0.548. The molecule has 1 amide bonds. The highest BCUT2D eigenvalue weighted by Crippen LogP contribution is 2.28. The van der Waals surface area contributed by atoms with Crippen LogP contribution in [0.15, 0.2) is 42.5 Å². The average Bonchev–Trinajstić information content (AvgIpc) is 2.69. The van der Waals surface area contributed by atoms with E-state index in [9.17, 15) is 17.6 Å². The van der Waals surface area contributed by atoms with E-state index < -0.39 is 10.0 Å². The molecule has 0 heterocycles. The van der Waals surface area contributed by atoms with E-state index in [-0.39, 0.29) is 31.3 Å². The second-order valence-corrected chi connectivity index (χ2v) is 8.93. The third-order valence-electron chi connectivity index (χ3n) is 4.62. The van der Waals surface area contributed by atoms with Gasteiger partial charge in [-0.1, -0.05) is 25.1 Å². The summed E-state index contributed by atoms with van der Waals surface area (Å²) in [6, 6.07) is 11.4. The maximum absolute atomic E-state index is 12.8. The van der Waals surface area contributed by atoms with Gasteiger partial charge in [-0.15, -0.1) is 0 Å². The number of aryl methyl sites for hydroxylation is 2. The Kier molecular flexibility index (Phi) is 8.65. The normalized spacial score (nSPS) is 11.2. The second kappa shape index (κ2) is 11.0. The van der Waals surface area contributed by atoms with Gasteiger partial charge in [-0.2, -0.15) is 0 Å². The van der Waals surface area contributed by atoms with E-state index in [0.717, 1.165) is 17.5 Å². The number of amides is 1. The molecule has 0 aromatic heterocycles. The number of anilines is 1. The van der Waals surface area contributed by atoms with Crippen molar-refractivity contribution in [2.75, 3.05) is 30.3 Å². The minimum absolute atomic E-state index is 0.174. The summed E-state index contributed by atoms with van der Waals surface area (Å²) >= 11 is 0. The smallest absolute Gasteiger partial charge is 0.232 e. The average molecular weight is 437 g/mol. The van der Waals surface area contributed by atoms with Gasteiger partial charge in [0.25, 0.3) is 0 Å². The number of nitrogens with zero attached hydrogens (tertiary/aromatic N) is 1. The summed E-state index contributed by atoms with van der Waals surface area (Å²) in [7, 11) is -3.47. The highest BCUT2D eigenvalue weighted by atomic mass is 32.2. The van der Waals surface area contributed by atoms with E-state index in [1.165, 1.54) is 34.8 Å². The third-order valence-corrected chi connectivity index (χ3v) is 5.79. The minimum Gasteiger partial charge on any atom is -0.492 e. The zero-order valence-electron chi connectivity index (χ0n) is 17.7. The molecule has 8 heteroatoms. The molecule has 0 bridgehead atoms. The maximum Gasteiger partial charge on any atom is 0.232 e. The zero-order chi connectivity index (χ0) is 22.1. The first-order valence-corrected chi connectivity index (χ1v) is 11.8. The van der Waals surface area contributed by atoms with Gasteiger partial charge in [-0.05, 0) is 55.2 Å². The van der Waals surface area contributed by atoms with Crippen LogP contribution in [0.2, 0.25) is 0 Å². The van der Waals surface area contributed by atoms with Crippen LogP contribution in [0.3, 0.4) is 0 Å². The maximum atomic E-state index is 12.8. The van der Waals surface area contributed by atoms with Gasteiger partial charge in [0.15, 0.2) is 0 Å². The third kappa shape index (κ3) is 7.02. The first kappa shape index (κ1) is 23.7. The van der Waals surface area contributed by atoms with Crippen molar-refractivity contribution in [2.45, 2.75) is 33.1 Å². The molecule has 6 nitrogen and oxygen atoms in total. The van der Waals surface area contributed by atoms with Gasteiger partial charge in [0, 0.05) is 13.0 Å². The lowest BCUT2D eigenvalue weighted by atomic mass is 10.1.